The van der Waals surface area contributed by atoms with E-state index in [4.69, 9.17) is 13.8 Å². The van der Waals surface area contributed by atoms with Crippen molar-refractivity contribution in [2.24, 2.45) is 0 Å². The van der Waals surface area contributed by atoms with E-state index in [1.54, 1.807) is 0 Å². The number of hydrogen-bond acceptors (Lipinski definition) is 8. The molecule has 0 aromatic carbocycles. The maximum absolute atomic E-state index is 12.3. The minimum atomic E-state index is -4.76. The number of allylic oxidation sites excluding steroid dienone is 8. The van der Waals surface area contributed by atoms with E-state index in [0.29, 0.717) is 12.8 Å². The van der Waals surface area contributed by atoms with Crippen molar-refractivity contribution in [3.63, 3.8) is 0 Å². The number of carboxylic acids is 1. The van der Waals surface area contributed by atoms with Gasteiger partial charge >= 0.3 is 19.8 Å². The van der Waals surface area contributed by atoms with Crippen molar-refractivity contribution in [2.75, 3.05) is 19.8 Å². The third-order valence-electron chi connectivity index (χ3n) is 10.3. The number of rotatable bonds is 45. The second-order valence-electron chi connectivity index (χ2n) is 16.3. The lowest BCUT2D eigenvalue weighted by molar-refractivity contribution is -0.147. The summed E-state index contributed by atoms with van der Waals surface area (Å²) in [5, 5.41) is 21.9. The summed E-state index contributed by atoms with van der Waals surface area (Å²) in [6, 6.07) is -1.55. The number of phosphoric ester groups is 1. The van der Waals surface area contributed by atoms with E-state index in [2.05, 4.69) is 67.8 Å². The van der Waals surface area contributed by atoms with E-state index in [9.17, 15) is 34.1 Å². The lowest BCUT2D eigenvalue weighted by Gasteiger charge is -2.18. The molecular formula is C49H88NO10P. The number of aliphatic hydroxyl groups excluding tert-OH is 1. The second kappa shape index (κ2) is 44.1. The number of carbonyl (C=O) groups excluding carboxylic acids is 2. The third-order valence-corrected chi connectivity index (χ3v) is 11.3. The largest absolute Gasteiger partial charge is 0.480 e. The molecule has 0 heterocycles. The van der Waals surface area contributed by atoms with Crippen molar-refractivity contribution in [3.05, 3.63) is 48.6 Å². The molecule has 0 spiro atoms. The van der Waals surface area contributed by atoms with E-state index in [-0.39, 0.29) is 12.8 Å². The van der Waals surface area contributed by atoms with Crippen LogP contribution < -0.4 is 5.32 Å². The van der Waals surface area contributed by atoms with Gasteiger partial charge in [0.25, 0.3) is 0 Å². The van der Waals surface area contributed by atoms with Gasteiger partial charge in [-0.15, -0.1) is 0 Å². The quantitative estimate of drug-likeness (QED) is 0.0200. The number of carboxylic acid groups (broad SMARTS) is 1. The number of unbranched alkanes of at least 4 members (excludes halogenated alkanes) is 23. The highest BCUT2D eigenvalue weighted by Crippen LogP contribution is 2.43. The molecule has 12 heteroatoms. The third kappa shape index (κ3) is 43.9. The van der Waals surface area contributed by atoms with Crippen LogP contribution in [-0.2, 0) is 32.7 Å². The Morgan fingerprint density at radius 3 is 1.39 bits per heavy atom. The average molecular weight is 882 g/mol. The maximum Gasteiger partial charge on any atom is 0.472 e. The molecule has 0 aliphatic carbocycles. The van der Waals surface area contributed by atoms with Crippen molar-refractivity contribution in [2.45, 2.75) is 225 Å². The van der Waals surface area contributed by atoms with Gasteiger partial charge in [0.1, 0.15) is 12.7 Å². The summed E-state index contributed by atoms with van der Waals surface area (Å²) in [5.41, 5.74) is 0. The number of hydrogen-bond donors (Lipinski definition) is 4. The highest BCUT2D eigenvalue weighted by Gasteiger charge is 2.28. The van der Waals surface area contributed by atoms with Gasteiger partial charge in [-0.25, -0.2) is 9.36 Å². The van der Waals surface area contributed by atoms with Crippen LogP contribution in [-0.4, -0.2) is 64.9 Å². The Kier molecular flexibility index (Phi) is 42.2. The molecular weight excluding hydrogens is 794 g/mol. The summed E-state index contributed by atoms with van der Waals surface area (Å²) >= 11 is 0. The Morgan fingerprint density at radius 1 is 0.525 bits per heavy atom. The number of nitrogens with one attached hydrogen (secondary N) is 1. The van der Waals surface area contributed by atoms with Crippen LogP contribution in [0.15, 0.2) is 48.6 Å². The Balaban J connectivity index is 3.84. The number of esters is 1. The highest BCUT2D eigenvalue weighted by molar-refractivity contribution is 7.47. The fraction of sp³-hybridized carbons (Fsp3) is 0.776. The van der Waals surface area contributed by atoms with E-state index in [0.717, 1.165) is 77.0 Å². The summed E-state index contributed by atoms with van der Waals surface area (Å²) in [5.74, 6) is -2.39. The maximum atomic E-state index is 12.3. The molecule has 0 saturated carbocycles. The van der Waals surface area contributed by atoms with E-state index < -0.39 is 57.6 Å². The topological polar surface area (TPSA) is 169 Å². The number of aliphatic hydroxyl groups is 1. The number of carbonyl (C=O) groups is 3. The zero-order valence-electron chi connectivity index (χ0n) is 38.5. The molecule has 3 unspecified atom stereocenters. The lowest BCUT2D eigenvalue weighted by atomic mass is 10.1. The van der Waals surface area contributed by atoms with Gasteiger partial charge in [-0.2, -0.15) is 0 Å². The van der Waals surface area contributed by atoms with Gasteiger partial charge in [0.15, 0.2) is 6.04 Å². The standard InChI is InChI=1S/C49H88NO10P/c1-3-5-7-9-11-13-15-17-19-20-21-22-23-24-25-26-27-29-31-33-35-37-39-41-48(53)58-42-45(51)43-59-61(56,57)60-44-46(49(54)55)50-47(52)40-38-36-34-32-30-28-18-16-14-12-10-8-6-4-2/h11,13,16-19,21-22,45-46,51H,3-10,12,14-15,20,23-44H2,1-2H3,(H,50,52)(H,54,55)(H,56,57)/b13-11-,18-16-,19-17-,22-21-. The predicted molar refractivity (Wildman–Crippen MR) is 249 cm³/mol. The number of amides is 1. The summed E-state index contributed by atoms with van der Waals surface area (Å²) in [6.07, 6.45) is 49.9. The Morgan fingerprint density at radius 2 is 0.902 bits per heavy atom. The van der Waals surface area contributed by atoms with Gasteiger partial charge in [0.2, 0.25) is 5.91 Å². The van der Waals surface area contributed by atoms with Crippen molar-refractivity contribution in [1.29, 1.82) is 0 Å². The molecule has 354 valence electrons. The normalized spacial score (nSPS) is 14.0. The molecule has 0 aliphatic rings. The molecule has 0 rings (SSSR count). The van der Waals surface area contributed by atoms with Gasteiger partial charge in [-0.05, 0) is 77.0 Å². The van der Waals surface area contributed by atoms with Gasteiger partial charge < -0.3 is 25.2 Å². The number of ether oxygens (including phenoxy) is 1. The zero-order valence-corrected chi connectivity index (χ0v) is 39.4. The van der Waals surface area contributed by atoms with E-state index >= 15 is 0 Å². The first kappa shape index (κ1) is 58.4. The lowest BCUT2D eigenvalue weighted by Crippen LogP contribution is -2.43. The number of aliphatic carboxylic acids is 1. The van der Waals surface area contributed by atoms with Crippen molar-refractivity contribution in [1.82, 2.24) is 5.32 Å². The van der Waals surface area contributed by atoms with Gasteiger partial charge in [-0.3, -0.25) is 18.6 Å². The molecule has 0 saturated heterocycles. The van der Waals surface area contributed by atoms with Crippen LogP contribution >= 0.6 is 7.82 Å². The zero-order chi connectivity index (χ0) is 44.9. The number of phosphoric acid groups is 1. The predicted octanol–water partition coefficient (Wildman–Crippen LogP) is 13.0. The summed E-state index contributed by atoms with van der Waals surface area (Å²) in [4.78, 5) is 46.0. The van der Waals surface area contributed by atoms with Crippen LogP contribution in [0.1, 0.15) is 213 Å². The summed E-state index contributed by atoms with van der Waals surface area (Å²) in [7, 11) is -4.76. The van der Waals surface area contributed by atoms with Crippen LogP contribution in [0.5, 0.6) is 0 Å². The minimum Gasteiger partial charge on any atom is -0.480 e. The molecule has 0 bridgehead atoms. The Bertz CT molecular complexity index is 1220. The molecule has 3 atom stereocenters. The average Bonchev–Trinajstić information content (AvgIpc) is 3.24. The smallest absolute Gasteiger partial charge is 0.472 e. The highest BCUT2D eigenvalue weighted by atomic mass is 31.2. The first-order valence-electron chi connectivity index (χ1n) is 24.2. The molecule has 0 aromatic rings. The molecule has 11 nitrogen and oxygen atoms in total. The van der Waals surface area contributed by atoms with E-state index in [1.165, 1.54) is 96.3 Å². The monoisotopic (exact) mass is 882 g/mol. The second-order valence-corrected chi connectivity index (χ2v) is 17.7. The van der Waals surface area contributed by atoms with Crippen LogP contribution in [0.2, 0.25) is 0 Å². The molecule has 4 N–H and O–H groups in total. The van der Waals surface area contributed by atoms with Gasteiger partial charge in [0.05, 0.1) is 13.2 Å². The Labute approximate surface area is 371 Å². The summed E-state index contributed by atoms with van der Waals surface area (Å²) < 4.78 is 26.9. The molecule has 0 fully saturated rings. The van der Waals surface area contributed by atoms with Gasteiger partial charge in [-0.1, -0.05) is 172 Å². The van der Waals surface area contributed by atoms with Crippen LogP contribution in [0.3, 0.4) is 0 Å². The van der Waals surface area contributed by atoms with Crippen LogP contribution in [0, 0.1) is 0 Å². The first-order chi connectivity index (χ1) is 29.6. The fourth-order valence-corrected chi connectivity index (χ4v) is 7.32. The van der Waals surface area contributed by atoms with Crippen molar-refractivity contribution in [3.8, 4) is 0 Å². The summed E-state index contributed by atoms with van der Waals surface area (Å²) in [6.45, 7) is 2.55. The SMILES string of the molecule is CCCCC/C=C\C/C=C\C/C=C\CCCCCCCCCCCCC(=O)OCC(O)COP(=O)(O)OCC(NC(=O)CCCCCCC/C=C\CCCCCCC)C(=O)O. The molecule has 0 aromatic heterocycles. The molecule has 61 heavy (non-hydrogen) atoms. The Hall–Kier alpha value is -2.56. The van der Waals surface area contributed by atoms with Crippen molar-refractivity contribution >= 4 is 25.7 Å². The van der Waals surface area contributed by atoms with Gasteiger partial charge in [0, 0.05) is 12.8 Å². The molecule has 0 radical (unpaired) electrons. The van der Waals surface area contributed by atoms with Crippen LogP contribution in [0.25, 0.3) is 0 Å². The van der Waals surface area contributed by atoms with Crippen LogP contribution in [0.4, 0.5) is 0 Å². The molecule has 0 aliphatic heterocycles. The van der Waals surface area contributed by atoms with Crippen molar-refractivity contribution < 1.29 is 47.8 Å². The van der Waals surface area contributed by atoms with E-state index in [1.807, 2.05) is 0 Å². The molecule has 1 amide bonds. The minimum absolute atomic E-state index is 0.135. The fourth-order valence-electron chi connectivity index (χ4n) is 6.55. The first-order valence-corrected chi connectivity index (χ1v) is 25.7.